The molecule has 5 rings (SSSR count). The standard InChI is InChI=1S/C34H35NO7/c1-39-22-30(42-33(36)27-8-3-2-4-9-27)23-40-29-15-13-26(14-16-29)31-17-18-35(34(37)38)20-32(31)41-21-24-11-12-25-7-5-6-10-28(25)19-24/h2-16,19,30-32H,17-18,20-23H2,1H3,(H,37,38). The molecular weight excluding hydrogens is 534 g/mol. The summed E-state index contributed by atoms with van der Waals surface area (Å²) in [6.07, 6.45) is -1.15. The van der Waals surface area contributed by atoms with E-state index in [1.165, 1.54) is 10.3 Å². The van der Waals surface area contributed by atoms with Crippen molar-refractivity contribution in [1.82, 2.24) is 4.90 Å². The Morgan fingerprint density at radius 1 is 0.905 bits per heavy atom. The Labute approximate surface area is 245 Å². The predicted octanol–water partition coefficient (Wildman–Crippen LogP) is 6.14. The third-order valence-corrected chi connectivity index (χ3v) is 7.49. The van der Waals surface area contributed by atoms with E-state index in [0.29, 0.717) is 37.4 Å². The van der Waals surface area contributed by atoms with Crippen molar-refractivity contribution in [2.45, 2.75) is 31.2 Å². The minimum Gasteiger partial charge on any atom is -0.490 e. The molecule has 42 heavy (non-hydrogen) atoms. The van der Waals surface area contributed by atoms with Crippen molar-refractivity contribution in [1.29, 1.82) is 0 Å². The molecule has 3 unspecified atom stereocenters. The fourth-order valence-corrected chi connectivity index (χ4v) is 5.27. The number of carbonyl (C=O) groups excluding carboxylic acids is 1. The fraction of sp³-hybridized carbons (Fsp3) is 0.294. The number of amides is 1. The van der Waals surface area contributed by atoms with E-state index in [9.17, 15) is 14.7 Å². The molecule has 8 heteroatoms. The van der Waals surface area contributed by atoms with Gasteiger partial charge >= 0.3 is 12.1 Å². The molecule has 1 heterocycles. The van der Waals surface area contributed by atoms with Crippen LogP contribution >= 0.6 is 0 Å². The molecule has 1 saturated heterocycles. The SMILES string of the molecule is COCC(COc1ccc(C2CCN(C(=O)O)CC2OCc2ccc3ccccc3c2)cc1)OC(=O)c1ccccc1. The number of carboxylic acid groups (broad SMARTS) is 1. The number of piperidine rings is 1. The van der Waals surface area contributed by atoms with Gasteiger partial charge in [-0.2, -0.15) is 0 Å². The van der Waals surface area contributed by atoms with Gasteiger partial charge in [-0.15, -0.1) is 0 Å². The highest BCUT2D eigenvalue weighted by atomic mass is 16.6. The number of esters is 1. The molecule has 4 aromatic carbocycles. The molecule has 8 nitrogen and oxygen atoms in total. The summed E-state index contributed by atoms with van der Waals surface area (Å²) >= 11 is 0. The number of rotatable bonds is 11. The van der Waals surface area contributed by atoms with E-state index in [0.717, 1.165) is 16.5 Å². The molecule has 4 aromatic rings. The van der Waals surface area contributed by atoms with Crippen LogP contribution in [0.4, 0.5) is 4.79 Å². The summed E-state index contributed by atoms with van der Waals surface area (Å²) in [6.45, 7) is 1.48. The van der Waals surface area contributed by atoms with Crippen LogP contribution in [0.2, 0.25) is 0 Å². The van der Waals surface area contributed by atoms with E-state index in [4.69, 9.17) is 18.9 Å². The van der Waals surface area contributed by atoms with E-state index in [1.807, 2.05) is 42.5 Å². The first-order valence-corrected chi connectivity index (χ1v) is 14.0. The first-order valence-electron chi connectivity index (χ1n) is 14.0. The molecule has 0 radical (unpaired) electrons. The van der Waals surface area contributed by atoms with Crippen molar-refractivity contribution in [3.8, 4) is 5.75 Å². The Bertz CT molecular complexity index is 1470. The minimum atomic E-state index is -0.935. The summed E-state index contributed by atoms with van der Waals surface area (Å²) in [4.78, 5) is 25.6. The monoisotopic (exact) mass is 569 g/mol. The zero-order valence-corrected chi connectivity index (χ0v) is 23.6. The van der Waals surface area contributed by atoms with E-state index in [-0.39, 0.29) is 25.2 Å². The average molecular weight is 570 g/mol. The van der Waals surface area contributed by atoms with Gasteiger partial charge in [-0.05, 0) is 58.7 Å². The highest BCUT2D eigenvalue weighted by Gasteiger charge is 2.33. The van der Waals surface area contributed by atoms with Crippen molar-refractivity contribution >= 4 is 22.8 Å². The Morgan fingerprint density at radius 2 is 1.64 bits per heavy atom. The molecule has 0 aliphatic carbocycles. The topological polar surface area (TPSA) is 94.5 Å². The number of carbonyl (C=O) groups is 2. The summed E-state index contributed by atoms with van der Waals surface area (Å²) < 4.78 is 23.1. The lowest BCUT2D eigenvalue weighted by molar-refractivity contribution is -0.0199. The second-order valence-electron chi connectivity index (χ2n) is 10.4. The summed E-state index contributed by atoms with van der Waals surface area (Å²) in [5.74, 6) is 0.231. The van der Waals surface area contributed by atoms with E-state index in [2.05, 4.69) is 30.3 Å². The van der Waals surface area contributed by atoms with Gasteiger partial charge in [-0.25, -0.2) is 9.59 Å². The molecule has 1 fully saturated rings. The van der Waals surface area contributed by atoms with Gasteiger partial charge in [-0.3, -0.25) is 0 Å². The van der Waals surface area contributed by atoms with Gasteiger partial charge in [0.15, 0.2) is 6.10 Å². The lowest BCUT2D eigenvalue weighted by Gasteiger charge is -2.37. The summed E-state index contributed by atoms with van der Waals surface area (Å²) in [7, 11) is 1.55. The Morgan fingerprint density at radius 3 is 2.38 bits per heavy atom. The second-order valence-corrected chi connectivity index (χ2v) is 10.4. The first kappa shape index (κ1) is 29.1. The van der Waals surface area contributed by atoms with Crippen LogP contribution in [0.1, 0.15) is 33.8 Å². The molecule has 1 aliphatic heterocycles. The van der Waals surface area contributed by atoms with Crippen LogP contribution in [0.25, 0.3) is 10.8 Å². The van der Waals surface area contributed by atoms with Crippen LogP contribution in [0.15, 0.2) is 97.1 Å². The highest BCUT2D eigenvalue weighted by molar-refractivity contribution is 5.89. The Balaban J connectivity index is 1.22. The zero-order chi connectivity index (χ0) is 29.3. The number of methoxy groups -OCH3 is 1. The first-order chi connectivity index (χ1) is 20.5. The normalized spacial score (nSPS) is 17.5. The zero-order valence-electron chi connectivity index (χ0n) is 23.6. The van der Waals surface area contributed by atoms with Crippen LogP contribution < -0.4 is 4.74 Å². The van der Waals surface area contributed by atoms with Crippen molar-refractivity contribution in [2.24, 2.45) is 0 Å². The molecule has 1 aliphatic rings. The quantitative estimate of drug-likeness (QED) is 0.217. The summed E-state index contributed by atoms with van der Waals surface area (Å²) in [5.41, 5.74) is 2.57. The third-order valence-electron chi connectivity index (χ3n) is 7.49. The van der Waals surface area contributed by atoms with Gasteiger partial charge in [0.25, 0.3) is 0 Å². The lowest BCUT2D eigenvalue weighted by Crippen LogP contribution is -2.46. The maximum atomic E-state index is 12.5. The molecule has 1 amide bonds. The number of benzene rings is 4. The number of fused-ring (bicyclic) bond motifs is 1. The Kier molecular flexibility index (Phi) is 9.69. The molecular formula is C34H35NO7. The second kappa shape index (κ2) is 14.0. The van der Waals surface area contributed by atoms with E-state index < -0.39 is 18.2 Å². The molecule has 218 valence electrons. The van der Waals surface area contributed by atoms with Crippen molar-refractivity contribution in [3.05, 3.63) is 114 Å². The summed E-state index contributed by atoms with van der Waals surface area (Å²) in [5, 5.41) is 11.9. The average Bonchev–Trinajstić information content (AvgIpc) is 3.03. The molecule has 0 aromatic heterocycles. The van der Waals surface area contributed by atoms with Crippen LogP contribution in [-0.4, -0.2) is 67.7 Å². The smallest absolute Gasteiger partial charge is 0.407 e. The van der Waals surface area contributed by atoms with Crippen molar-refractivity contribution in [2.75, 3.05) is 33.4 Å². The third kappa shape index (κ3) is 7.46. The lowest BCUT2D eigenvalue weighted by atomic mass is 9.87. The van der Waals surface area contributed by atoms with Gasteiger partial charge < -0.3 is 29.0 Å². The number of likely N-dealkylation sites (tertiary alicyclic amines) is 1. The predicted molar refractivity (Wildman–Crippen MR) is 159 cm³/mol. The molecule has 0 bridgehead atoms. The van der Waals surface area contributed by atoms with Crippen molar-refractivity contribution in [3.63, 3.8) is 0 Å². The number of hydrogen-bond acceptors (Lipinski definition) is 6. The van der Waals surface area contributed by atoms with Crippen LogP contribution in [-0.2, 0) is 20.8 Å². The Hall–Kier alpha value is -4.40. The van der Waals surface area contributed by atoms with Gasteiger partial charge in [0, 0.05) is 19.6 Å². The van der Waals surface area contributed by atoms with Crippen LogP contribution in [0.5, 0.6) is 5.75 Å². The van der Waals surface area contributed by atoms with Crippen molar-refractivity contribution < 1.29 is 33.6 Å². The maximum Gasteiger partial charge on any atom is 0.407 e. The van der Waals surface area contributed by atoms with Gasteiger partial charge in [0.1, 0.15) is 12.4 Å². The maximum absolute atomic E-state index is 12.5. The van der Waals surface area contributed by atoms with E-state index >= 15 is 0 Å². The van der Waals surface area contributed by atoms with Gasteiger partial charge in [0.2, 0.25) is 0 Å². The van der Waals surface area contributed by atoms with Gasteiger partial charge in [0.05, 0.1) is 31.4 Å². The molecule has 3 atom stereocenters. The number of hydrogen-bond donors (Lipinski definition) is 1. The largest absolute Gasteiger partial charge is 0.490 e. The minimum absolute atomic E-state index is 0.0307. The van der Waals surface area contributed by atoms with Gasteiger partial charge in [-0.1, -0.05) is 66.7 Å². The number of ether oxygens (including phenoxy) is 4. The fourth-order valence-electron chi connectivity index (χ4n) is 5.27. The van der Waals surface area contributed by atoms with Crippen LogP contribution in [0.3, 0.4) is 0 Å². The highest BCUT2D eigenvalue weighted by Crippen LogP contribution is 2.32. The summed E-state index contributed by atoms with van der Waals surface area (Å²) in [6, 6.07) is 31.0. The number of nitrogens with zero attached hydrogens (tertiary/aromatic N) is 1. The van der Waals surface area contributed by atoms with Crippen LogP contribution in [0, 0.1) is 0 Å². The van der Waals surface area contributed by atoms with E-state index in [1.54, 1.807) is 31.4 Å². The molecule has 0 spiro atoms. The molecule has 0 saturated carbocycles. The molecule has 1 N–H and O–H groups in total.